The van der Waals surface area contributed by atoms with E-state index in [4.69, 9.17) is 0 Å². The Morgan fingerprint density at radius 1 is 1.13 bits per heavy atom. The van der Waals surface area contributed by atoms with Crippen molar-refractivity contribution in [3.8, 4) is 0 Å². The van der Waals surface area contributed by atoms with Gasteiger partial charge >= 0.3 is 0 Å². The molecule has 5 heteroatoms. The fourth-order valence-electron chi connectivity index (χ4n) is 2.31. The van der Waals surface area contributed by atoms with Crippen LogP contribution in [0.25, 0.3) is 0 Å². The number of hydrogen-bond acceptors (Lipinski definition) is 2. The monoisotopic (exact) mass is 378 g/mol. The first kappa shape index (κ1) is 17.6. The van der Waals surface area contributed by atoms with Gasteiger partial charge in [0, 0.05) is 16.2 Å². The molecule has 0 bridgehead atoms. The minimum absolute atomic E-state index is 0.0945. The highest BCUT2D eigenvalue weighted by Crippen LogP contribution is 2.20. The fourth-order valence-corrected chi connectivity index (χ4v) is 2.57. The van der Waals surface area contributed by atoms with Crippen LogP contribution in [0.2, 0.25) is 0 Å². The molecule has 0 fully saturated rings. The van der Waals surface area contributed by atoms with E-state index in [1.54, 1.807) is 12.1 Å². The molecule has 0 saturated carbocycles. The van der Waals surface area contributed by atoms with Crippen molar-refractivity contribution in [2.24, 2.45) is 0 Å². The van der Waals surface area contributed by atoms with Gasteiger partial charge in [-0.05, 0) is 55.3 Å². The summed E-state index contributed by atoms with van der Waals surface area (Å²) >= 11 is 3.42. The maximum Gasteiger partial charge on any atom is 0.241 e. The fraction of sp³-hybridized carbons (Fsp3) is 0.278. The zero-order chi connectivity index (χ0) is 16.8. The Labute approximate surface area is 144 Å². The molecule has 2 aromatic carbocycles. The predicted molar refractivity (Wildman–Crippen MR) is 94.8 cm³/mol. The molecule has 122 valence electrons. The zero-order valence-corrected chi connectivity index (χ0v) is 14.7. The van der Waals surface area contributed by atoms with Crippen LogP contribution in [-0.4, -0.2) is 11.9 Å². The van der Waals surface area contributed by atoms with E-state index in [1.165, 1.54) is 12.1 Å². The molecular weight excluding hydrogens is 359 g/mol. The van der Waals surface area contributed by atoms with E-state index in [-0.39, 0.29) is 23.8 Å². The third-order valence-electron chi connectivity index (χ3n) is 3.64. The van der Waals surface area contributed by atoms with E-state index in [0.717, 1.165) is 16.5 Å². The van der Waals surface area contributed by atoms with Crippen LogP contribution in [0.1, 0.15) is 31.9 Å². The van der Waals surface area contributed by atoms with Crippen LogP contribution in [0.4, 0.5) is 10.1 Å². The summed E-state index contributed by atoms with van der Waals surface area (Å²) in [6.07, 6.45) is 0.871. The molecule has 2 N–H and O–H groups in total. The Morgan fingerprint density at radius 2 is 1.74 bits per heavy atom. The number of benzene rings is 2. The van der Waals surface area contributed by atoms with Crippen molar-refractivity contribution in [3.63, 3.8) is 0 Å². The minimum Gasteiger partial charge on any atom is -0.325 e. The van der Waals surface area contributed by atoms with E-state index < -0.39 is 0 Å². The summed E-state index contributed by atoms with van der Waals surface area (Å²) in [5.74, 6) is -0.470. The zero-order valence-electron chi connectivity index (χ0n) is 13.1. The predicted octanol–water partition coefficient (Wildman–Crippen LogP) is 4.66. The lowest BCUT2D eigenvalue weighted by molar-refractivity contribution is -0.118. The first-order valence-corrected chi connectivity index (χ1v) is 8.37. The number of carbonyl (C=O) groups excluding carboxylic acids is 1. The van der Waals surface area contributed by atoms with Crippen molar-refractivity contribution in [1.29, 1.82) is 0 Å². The molecular formula is C18H20BrFN2O. The van der Waals surface area contributed by atoms with Gasteiger partial charge in [-0.25, -0.2) is 4.39 Å². The van der Waals surface area contributed by atoms with Crippen molar-refractivity contribution in [2.45, 2.75) is 32.4 Å². The molecule has 0 unspecified atom stereocenters. The average Bonchev–Trinajstić information content (AvgIpc) is 2.55. The molecule has 0 aromatic heterocycles. The standard InChI is InChI=1S/C18H20BrFN2O/c1-3-17(13-4-6-14(19)7-5-13)21-12(2)18(23)22-16-10-8-15(20)9-11-16/h4-12,17,21H,3H2,1-2H3,(H,22,23)/t12-,17-/m1/s1. The van der Waals surface area contributed by atoms with Gasteiger partial charge in [-0.1, -0.05) is 35.0 Å². The molecule has 1 amide bonds. The number of amides is 1. The van der Waals surface area contributed by atoms with Gasteiger partial charge in [-0.2, -0.15) is 0 Å². The quantitative estimate of drug-likeness (QED) is 0.767. The molecule has 2 atom stereocenters. The van der Waals surface area contributed by atoms with Crippen molar-refractivity contribution in [2.75, 3.05) is 5.32 Å². The summed E-state index contributed by atoms with van der Waals surface area (Å²) in [6.45, 7) is 3.89. The van der Waals surface area contributed by atoms with Crippen LogP contribution in [0.15, 0.2) is 53.0 Å². The lowest BCUT2D eigenvalue weighted by atomic mass is 10.0. The van der Waals surface area contributed by atoms with Gasteiger partial charge in [0.1, 0.15) is 5.82 Å². The van der Waals surface area contributed by atoms with Crippen molar-refractivity contribution in [1.82, 2.24) is 5.32 Å². The molecule has 0 aliphatic rings. The maximum absolute atomic E-state index is 12.9. The second-order valence-corrected chi connectivity index (χ2v) is 6.31. The molecule has 0 aliphatic heterocycles. The summed E-state index contributed by atoms with van der Waals surface area (Å²) in [5.41, 5.74) is 1.72. The number of rotatable bonds is 6. The van der Waals surface area contributed by atoms with Gasteiger partial charge in [0.25, 0.3) is 0 Å². The Kier molecular flexibility index (Phi) is 6.30. The lowest BCUT2D eigenvalue weighted by Gasteiger charge is -2.22. The van der Waals surface area contributed by atoms with E-state index in [2.05, 4.69) is 33.5 Å². The molecule has 3 nitrogen and oxygen atoms in total. The van der Waals surface area contributed by atoms with Crippen LogP contribution in [0.3, 0.4) is 0 Å². The highest BCUT2D eigenvalue weighted by molar-refractivity contribution is 9.10. The van der Waals surface area contributed by atoms with Gasteiger partial charge in [0.2, 0.25) is 5.91 Å². The van der Waals surface area contributed by atoms with E-state index in [0.29, 0.717) is 5.69 Å². The maximum atomic E-state index is 12.9. The van der Waals surface area contributed by atoms with E-state index in [9.17, 15) is 9.18 Å². The van der Waals surface area contributed by atoms with Crippen LogP contribution in [0.5, 0.6) is 0 Å². The molecule has 0 heterocycles. The van der Waals surface area contributed by atoms with Crippen LogP contribution in [0, 0.1) is 5.82 Å². The Bertz CT molecular complexity index is 643. The minimum atomic E-state index is -0.367. The normalized spacial score (nSPS) is 13.4. The summed E-state index contributed by atoms with van der Waals surface area (Å²) < 4.78 is 13.9. The van der Waals surface area contributed by atoms with Crippen LogP contribution in [-0.2, 0) is 4.79 Å². The molecule has 23 heavy (non-hydrogen) atoms. The smallest absolute Gasteiger partial charge is 0.241 e. The number of carbonyl (C=O) groups is 1. The average molecular weight is 379 g/mol. The van der Waals surface area contributed by atoms with E-state index >= 15 is 0 Å². The highest BCUT2D eigenvalue weighted by Gasteiger charge is 2.18. The largest absolute Gasteiger partial charge is 0.325 e. The van der Waals surface area contributed by atoms with Crippen molar-refractivity contribution in [3.05, 3.63) is 64.4 Å². The summed E-state index contributed by atoms with van der Waals surface area (Å²) in [5, 5.41) is 6.12. The summed E-state index contributed by atoms with van der Waals surface area (Å²) in [6, 6.07) is 13.5. The molecule has 0 spiro atoms. The van der Waals surface area contributed by atoms with Crippen LogP contribution >= 0.6 is 15.9 Å². The number of hydrogen-bond donors (Lipinski definition) is 2. The Hall–Kier alpha value is -1.72. The molecule has 2 rings (SSSR count). The van der Waals surface area contributed by atoms with Gasteiger partial charge in [-0.3, -0.25) is 10.1 Å². The first-order valence-electron chi connectivity index (χ1n) is 7.57. The van der Waals surface area contributed by atoms with Gasteiger partial charge in [0.15, 0.2) is 0 Å². The third-order valence-corrected chi connectivity index (χ3v) is 4.17. The molecule has 0 saturated heterocycles. The summed E-state index contributed by atoms with van der Waals surface area (Å²) in [4.78, 5) is 12.3. The Balaban J connectivity index is 1.98. The molecule has 0 aliphatic carbocycles. The molecule has 2 aromatic rings. The Morgan fingerprint density at radius 3 is 2.30 bits per heavy atom. The SMILES string of the molecule is CC[C@@H](N[C@H](C)C(=O)Nc1ccc(F)cc1)c1ccc(Br)cc1. The summed E-state index contributed by atoms with van der Waals surface area (Å²) in [7, 11) is 0. The number of anilines is 1. The van der Waals surface area contributed by atoms with Crippen molar-refractivity contribution < 1.29 is 9.18 Å². The second kappa shape index (κ2) is 8.22. The van der Waals surface area contributed by atoms with E-state index in [1.807, 2.05) is 31.2 Å². The van der Waals surface area contributed by atoms with Crippen molar-refractivity contribution >= 4 is 27.5 Å². The van der Waals surface area contributed by atoms with Crippen LogP contribution < -0.4 is 10.6 Å². The van der Waals surface area contributed by atoms with Gasteiger partial charge in [-0.15, -0.1) is 0 Å². The topological polar surface area (TPSA) is 41.1 Å². The third kappa shape index (κ3) is 5.15. The molecule has 0 radical (unpaired) electrons. The highest BCUT2D eigenvalue weighted by atomic mass is 79.9. The second-order valence-electron chi connectivity index (χ2n) is 5.40. The van der Waals surface area contributed by atoms with Gasteiger partial charge in [0.05, 0.1) is 6.04 Å². The van der Waals surface area contributed by atoms with Gasteiger partial charge < -0.3 is 5.32 Å². The number of nitrogens with one attached hydrogen (secondary N) is 2. The number of halogens is 2. The lowest BCUT2D eigenvalue weighted by Crippen LogP contribution is -2.40. The first-order chi connectivity index (χ1) is 11.0.